The molecule has 0 aliphatic heterocycles. The third kappa shape index (κ3) is 4.10. The Balaban J connectivity index is 2.33. The van der Waals surface area contributed by atoms with E-state index in [2.05, 4.69) is 5.32 Å². The number of rotatable bonds is 5. The van der Waals surface area contributed by atoms with E-state index < -0.39 is 0 Å². The van der Waals surface area contributed by atoms with Crippen molar-refractivity contribution in [3.63, 3.8) is 0 Å². The molecule has 0 aliphatic rings. The maximum absolute atomic E-state index is 13.2. The Kier molecular flexibility index (Phi) is 5.88. The summed E-state index contributed by atoms with van der Waals surface area (Å²) in [7, 11) is 0. The highest BCUT2D eigenvalue weighted by molar-refractivity contribution is 6.42. The standard InChI is InChI=1S/C16H15Cl3FN/c1-2-21-15(12-7-6-11(20)9-14(12)18)8-10-4-3-5-13(17)16(10)19/h3-7,9,15,21H,2,8H2,1H3. The van der Waals surface area contributed by atoms with Crippen LogP contribution < -0.4 is 5.32 Å². The van der Waals surface area contributed by atoms with E-state index in [9.17, 15) is 4.39 Å². The van der Waals surface area contributed by atoms with Gasteiger partial charge in [-0.15, -0.1) is 0 Å². The van der Waals surface area contributed by atoms with E-state index in [1.54, 1.807) is 12.1 Å². The zero-order valence-corrected chi connectivity index (χ0v) is 13.7. The van der Waals surface area contributed by atoms with Gasteiger partial charge in [0.05, 0.1) is 10.0 Å². The quantitative estimate of drug-likeness (QED) is 0.734. The van der Waals surface area contributed by atoms with Gasteiger partial charge in [-0.05, 0) is 42.3 Å². The van der Waals surface area contributed by atoms with Crippen LogP contribution in [0.25, 0.3) is 0 Å². The van der Waals surface area contributed by atoms with Gasteiger partial charge in [-0.1, -0.05) is 59.9 Å². The van der Waals surface area contributed by atoms with Gasteiger partial charge < -0.3 is 5.32 Å². The lowest BCUT2D eigenvalue weighted by atomic mass is 9.98. The topological polar surface area (TPSA) is 12.0 Å². The van der Waals surface area contributed by atoms with E-state index in [0.29, 0.717) is 21.5 Å². The first-order valence-corrected chi connectivity index (χ1v) is 7.77. The normalized spacial score (nSPS) is 12.4. The van der Waals surface area contributed by atoms with Gasteiger partial charge in [0, 0.05) is 11.1 Å². The van der Waals surface area contributed by atoms with E-state index in [1.165, 1.54) is 12.1 Å². The lowest BCUT2D eigenvalue weighted by Crippen LogP contribution is -2.23. The molecule has 2 rings (SSSR count). The first-order chi connectivity index (χ1) is 10.0. The number of hydrogen-bond acceptors (Lipinski definition) is 1. The Morgan fingerprint density at radius 1 is 1.10 bits per heavy atom. The average molecular weight is 347 g/mol. The Labute approximate surface area is 139 Å². The van der Waals surface area contributed by atoms with Crippen molar-refractivity contribution < 1.29 is 4.39 Å². The highest BCUT2D eigenvalue weighted by Gasteiger charge is 2.17. The average Bonchev–Trinajstić information content (AvgIpc) is 2.43. The van der Waals surface area contributed by atoms with Gasteiger partial charge in [0.15, 0.2) is 0 Å². The van der Waals surface area contributed by atoms with E-state index in [1.807, 2.05) is 19.1 Å². The van der Waals surface area contributed by atoms with Crippen LogP contribution in [0.3, 0.4) is 0 Å². The van der Waals surface area contributed by atoms with Gasteiger partial charge in [0.1, 0.15) is 5.82 Å². The molecule has 112 valence electrons. The van der Waals surface area contributed by atoms with Crippen LogP contribution in [0.1, 0.15) is 24.1 Å². The summed E-state index contributed by atoms with van der Waals surface area (Å²) in [5.74, 6) is -0.347. The molecule has 2 aromatic rings. The van der Waals surface area contributed by atoms with Crippen molar-refractivity contribution in [3.8, 4) is 0 Å². The summed E-state index contributed by atoms with van der Waals surface area (Å²) in [5, 5.41) is 4.81. The molecule has 0 spiro atoms. The molecular formula is C16H15Cl3FN. The highest BCUT2D eigenvalue weighted by atomic mass is 35.5. The molecule has 5 heteroatoms. The van der Waals surface area contributed by atoms with Gasteiger partial charge in [0.25, 0.3) is 0 Å². The lowest BCUT2D eigenvalue weighted by molar-refractivity contribution is 0.547. The SMILES string of the molecule is CCNC(Cc1cccc(Cl)c1Cl)c1ccc(F)cc1Cl. The summed E-state index contributed by atoms with van der Waals surface area (Å²) >= 11 is 18.4. The predicted molar refractivity (Wildman–Crippen MR) is 88.0 cm³/mol. The molecule has 1 atom stereocenters. The van der Waals surface area contributed by atoms with Crippen LogP contribution in [-0.2, 0) is 6.42 Å². The lowest BCUT2D eigenvalue weighted by Gasteiger charge is -2.20. The molecule has 21 heavy (non-hydrogen) atoms. The number of halogens is 4. The zero-order valence-electron chi connectivity index (χ0n) is 11.5. The van der Waals surface area contributed by atoms with Crippen LogP contribution in [0.4, 0.5) is 4.39 Å². The van der Waals surface area contributed by atoms with Crippen LogP contribution in [-0.4, -0.2) is 6.54 Å². The third-order valence-corrected chi connectivity index (χ3v) is 4.43. The molecule has 2 aromatic carbocycles. The van der Waals surface area contributed by atoms with Crippen molar-refractivity contribution in [3.05, 3.63) is 68.4 Å². The van der Waals surface area contributed by atoms with Gasteiger partial charge >= 0.3 is 0 Å². The zero-order chi connectivity index (χ0) is 15.4. The summed E-state index contributed by atoms with van der Waals surface area (Å²) in [6.45, 7) is 2.76. The fourth-order valence-electron chi connectivity index (χ4n) is 2.25. The van der Waals surface area contributed by atoms with Gasteiger partial charge in [-0.3, -0.25) is 0 Å². The monoisotopic (exact) mass is 345 g/mol. The van der Waals surface area contributed by atoms with Crippen LogP contribution in [0.2, 0.25) is 15.1 Å². The van der Waals surface area contributed by atoms with Gasteiger partial charge in [-0.2, -0.15) is 0 Å². The minimum absolute atomic E-state index is 0.0564. The molecule has 0 bridgehead atoms. The maximum Gasteiger partial charge on any atom is 0.124 e. The molecule has 0 aliphatic carbocycles. The summed E-state index contributed by atoms with van der Waals surface area (Å²) in [6.07, 6.45) is 0.624. The Hall–Kier alpha value is -0.800. The van der Waals surface area contributed by atoms with E-state index >= 15 is 0 Å². The Morgan fingerprint density at radius 2 is 1.86 bits per heavy atom. The van der Waals surface area contributed by atoms with Crippen molar-refractivity contribution in [2.75, 3.05) is 6.54 Å². The second-order valence-corrected chi connectivity index (χ2v) is 5.89. The van der Waals surface area contributed by atoms with Crippen molar-refractivity contribution in [1.29, 1.82) is 0 Å². The van der Waals surface area contributed by atoms with Crippen LogP contribution in [0.15, 0.2) is 36.4 Å². The van der Waals surface area contributed by atoms with Crippen LogP contribution >= 0.6 is 34.8 Å². The van der Waals surface area contributed by atoms with Gasteiger partial charge in [-0.25, -0.2) is 4.39 Å². The molecule has 0 saturated carbocycles. The van der Waals surface area contributed by atoms with Crippen LogP contribution in [0.5, 0.6) is 0 Å². The summed E-state index contributed by atoms with van der Waals surface area (Å²) < 4.78 is 13.2. The number of nitrogens with one attached hydrogen (secondary N) is 1. The van der Waals surface area contributed by atoms with Crippen molar-refractivity contribution in [1.82, 2.24) is 5.32 Å². The molecular weight excluding hydrogens is 332 g/mol. The molecule has 0 heterocycles. The second-order valence-electron chi connectivity index (χ2n) is 4.69. The first-order valence-electron chi connectivity index (χ1n) is 6.64. The number of benzene rings is 2. The van der Waals surface area contributed by atoms with Crippen molar-refractivity contribution >= 4 is 34.8 Å². The minimum atomic E-state index is -0.347. The molecule has 0 radical (unpaired) electrons. The predicted octanol–water partition coefficient (Wildman–Crippen LogP) is 5.68. The highest BCUT2D eigenvalue weighted by Crippen LogP contribution is 2.31. The smallest absolute Gasteiger partial charge is 0.124 e. The summed E-state index contributed by atoms with van der Waals surface area (Å²) in [5.41, 5.74) is 1.77. The first kappa shape index (κ1) is 16.6. The van der Waals surface area contributed by atoms with E-state index in [4.69, 9.17) is 34.8 Å². The Bertz CT molecular complexity index is 631. The van der Waals surface area contributed by atoms with Crippen LogP contribution in [0, 0.1) is 5.82 Å². The number of hydrogen-bond donors (Lipinski definition) is 1. The molecule has 1 unspecified atom stereocenters. The summed E-state index contributed by atoms with van der Waals surface area (Å²) in [6, 6.07) is 9.91. The minimum Gasteiger partial charge on any atom is -0.310 e. The molecule has 1 N–H and O–H groups in total. The van der Waals surface area contributed by atoms with E-state index in [0.717, 1.165) is 17.7 Å². The molecule has 1 nitrogen and oxygen atoms in total. The van der Waals surface area contributed by atoms with E-state index in [-0.39, 0.29) is 11.9 Å². The fraction of sp³-hybridized carbons (Fsp3) is 0.250. The van der Waals surface area contributed by atoms with Gasteiger partial charge in [0.2, 0.25) is 0 Å². The second kappa shape index (κ2) is 7.46. The Morgan fingerprint density at radius 3 is 2.52 bits per heavy atom. The maximum atomic E-state index is 13.2. The molecule has 0 amide bonds. The van der Waals surface area contributed by atoms with Crippen molar-refractivity contribution in [2.24, 2.45) is 0 Å². The fourth-order valence-corrected chi connectivity index (χ4v) is 2.94. The molecule has 0 fully saturated rings. The number of likely N-dealkylation sites (N-methyl/N-ethyl adjacent to an activating group) is 1. The third-order valence-electron chi connectivity index (χ3n) is 3.24. The van der Waals surface area contributed by atoms with Crippen molar-refractivity contribution in [2.45, 2.75) is 19.4 Å². The largest absolute Gasteiger partial charge is 0.310 e. The molecule has 0 saturated heterocycles. The summed E-state index contributed by atoms with van der Waals surface area (Å²) in [4.78, 5) is 0. The molecule has 0 aromatic heterocycles.